The molecule has 5 nitrogen and oxygen atoms in total. The van der Waals surface area contributed by atoms with Crippen LogP contribution in [-0.4, -0.2) is 19.8 Å². The number of fused-ring (bicyclic) bond motifs is 1. The molecule has 0 amide bonds. The Morgan fingerprint density at radius 1 is 1.41 bits per heavy atom. The Balaban J connectivity index is 2.95. The van der Waals surface area contributed by atoms with E-state index in [0.717, 1.165) is 0 Å². The summed E-state index contributed by atoms with van der Waals surface area (Å²) in [6.07, 6.45) is 1.39. The summed E-state index contributed by atoms with van der Waals surface area (Å²) in [6.45, 7) is 3.67. The monoisotopic (exact) mass is 254 g/mol. The fourth-order valence-electron chi connectivity index (χ4n) is 1.59. The average Bonchev–Trinajstić information content (AvgIpc) is 2.25. The Hall–Kier alpha value is -1.75. The molecule has 1 aromatic carbocycles. The Morgan fingerprint density at radius 3 is 2.65 bits per heavy atom. The lowest BCUT2D eigenvalue weighted by molar-refractivity contribution is 0.405. The third kappa shape index (κ3) is 1.72. The maximum absolute atomic E-state index is 12.1. The van der Waals surface area contributed by atoms with E-state index in [1.807, 2.05) is 13.8 Å². The molecule has 0 saturated carbocycles. The molecule has 6 heteroatoms. The Labute approximate surface area is 102 Å². The van der Waals surface area contributed by atoms with Gasteiger partial charge in [-0.2, -0.15) is 0 Å². The quantitative estimate of drug-likeness (QED) is 0.764. The van der Waals surface area contributed by atoms with Crippen LogP contribution in [0.15, 0.2) is 17.2 Å². The zero-order valence-corrected chi connectivity index (χ0v) is 10.1. The van der Waals surface area contributed by atoms with Crippen molar-refractivity contribution in [1.29, 1.82) is 0 Å². The summed E-state index contributed by atoms with van der Waals surface area (Å²) in [5, 5.41) is 18.8. The lowest BCUT2D eigenvalue weighted by Crippen LogP contribution is -2.22. The molecule has 2 rings (SSSR count). The van der Waals surface area contributed by atoms with Gasteiger partial charge in [0.15, 0.2) is 11.5 Å². The van der Waals surface area contributed by atoms with E-state index in [0.29, 0.717) is 0 Å². The molecule has 0 radical (unpaired) electrons. The van der Waals surface area contributed by atoms with Gasteiger partial charge in [0, 0.05) is 12.1 Å². The molecule has 2 aromatic rings. The largest absolute Gasteiger partial charge is 0.504 e. The molecule has 17 heavy (non-hydrogen) atoms. The first-order valence-electron chi connectivity index (χ1n) is 5.04. The van der Waals surface area contributed by atoms with Gasteiger partial charge in [-0.15, -0.1) is 0 Å². The van der Waals surface area contributed by atoms with Gasteiger partial charge < -0.3 is 10.2 Å². The van der Waals surface area contributed by atoms with E-state index in [2.05, 4.69) is 4.98 Å². The van der Waals surface area contributed by atoms with E-state index < -0.39 is 11.5 Å². The van der Waals surface area contributed by atoms with Crippen LogP contribution in [0, 0.1) is 0 Å². The molecule has 0 aliphatic rings. The van der Waals surface area contributed by atoms with E-state index in [9.17, 15) is 15.0 Å². The van der Waals surface area contributed by atoms with Gasteiger partial charge in [-0.3, -0.25) is 9.36 Å². The lowest BCUT2D eigenvalue weighted by Gasteiger charge is -2.11. The minimum Gasteiger partial charge on any atom is -0.504 e. The zero-order chi connectivity index (χ0) is 12.7. The van der Waals surface area contributed by atoms with Crippen molar-refractivity contribution in [3.63, 3.8) is 0 Å². The number of nitrogens with zero attached hydrogens (tertiary/aromatic N) is 2. The SMILES string of the molecule is CC(C)n1cnc2cc(O)c(O)c(Cl)c2c1=O. The number of hydrogen-bond donors (Lipinski definition) is 2. The molecule has 2 N–H and O–H groups in total. The first-order valence-corrected chi connectivity index (χ1v) is 5.42. The average molecular weight is 255 g/mol. The highest BCUT2D eigenvalue weighted by molar-refractivity contribution is 6.37. The van der Waals surface area contributed by atoms with Crippen LogP contribution in [0.4, 0.5) is 0 Å². The fourth-order valence-corrected chi connectivity index (χ4v) is 1.87. The van der Waals surface area contributed by atoms with Crippen molar-refractivity contribution in [2.45, 2.75) is 19.9 Å². The molecule has 0 atom stereocenters. The number of rotatable bonds is 1. The molecule has 0 spiro atoms. The van der Waals surface area contributed by atoms with Crippen LogP contribution in [-0.2, 0) is 0 Å². The van der Waals surface area contributed by atoms with Gasteiger partial charge >= 0.3 is 0 Å². The van der Waals surface area contributed by atoms with Crippen LogP contribution in [0.1, 0.15) is 19.9 Å². The molecule has 0 aliphatic heterocycles. The number of phenolic OH excluding ortho intramolecular Hbond substituents is 2. The standard InChI is InChI=1S/C11H11ClN2O3/c1-5(2)14-4-13-6-3-7(15)10(16)9(12)8(6)11(14)17/h3-5,15-16H,1-2H3. The van der Waals surface area contributed by atoms with E-state index in [1.54, 1.807) is 0 Å². The van der Waals surface area contributed by atoms with Crippen molar-refractivity contribution < 1.29 is 10.2 Å². The summed E-state index contributed by atoms with van der Waals surface area (Å²) in [7, 11) is 0. The number of aromatic nitrogens is 2. The summed E-state index contributed by atoms with van der Waals surface area (Å²) in [5.74, 6) is -0.892. The number of aromatic hydroxyl groups is 2. The van der Waals surface area contributed by atoms with Gasteiger partial charge in [-0.05, 0) is 13.8 Å². The maximum Gasteiger partial charge on any atom is 0.263 e. The molecule has 0 bridgehead atoms. The van der Waals surface area contributed by atoms with E-state index in [4.69, 9.17) is 11.6 Å². The third-order valence-corrected chi connectivity index (χ3v) is 2.89. The van der Waals surface area contributed by atoms with Crippen molar-refractivity contribution in [3.8, 4) is 11.5 Å². The predicted molar refractivity (Wildman–Crippen MR) is 64.7 cm³/mol. The summed E-state index contributed by atoms with van der Waals surface area (Å²) in [4.78, 5) is 16.1. The fraction of sp³-hybridized carbons (Fsp3) is 0.273. The number of phenols is 2. The van der Waals surface area contributed by atoms with Crippen LogP contribution in [0.25, 0.3) is 10.9 Å². The van der Waals surface area contributed by atoms with Gasteiger partial charge in [0.2, 0.25) is 0 Å². The predicted octanol–water partition coefficient (Wildman–Crippen LogP) is 2.04. The van der Waals surface area contributed by atoms with Crippen molar-refractivity contribution in [1.82, 2.24) is 9.55 Å². The normalized spacial score (nSPS) is 11.3. The van der Waals surface area contributed by atoms with Gasteiger partial charge in [0.1, 0.15) is 5.02 Å². The van der Waals surface area contributed by atoms with Gasteiger partial charge in [-0.1, -0.05) is 11.6 Å². The minimum atomic E-state index is -0.500. The second-order valence-electron chi connectivity index (χ2n) is 4.00. The van der Waals surface area contributed by atoms with Gasteiger partial charge in [-0.25, -0.2) is 4.98 Å². The molecular formula is C11H11ClN2O3. The maximum atomic E-state index is 12.1. The number of hydrogen-bond acceptors (Lipinski definition) is 4. The van der Waals surface area contributed by atoms with E-state index in [1.165, 1.54) is 17.0 Å². The topological polar surface area (TPSA) is 75.3 Å². The lowest BCUT2D eigenvalue weighted by atomic mass is 10.2. The van der Waals surface area contributed by atoms with Crippen LogP contribution in [0.3, 0.4) is 0 Å². The molecule has 0 unspecified atom stereocenters. The molecule has 1 heterocycles. The van der Waals surface area contributed by atoms with Gasteiger partial charge in [0.25, 0.3) is 5.56 Å². The highest BCUT2D eigenvalue weighted by Gasteiger charge is 2.16. The minimum absolute atomic E-state index is 0.0635. The summed E-state index contributed by atoms with van der Waals surface area (Å²) < 4.78 is 1.41. The molecular weight excluding hydrogens is 244 g/mol. The third-order valence-electron chi connectivity index (χ3n) is 2.53. The first kappa shape index (κ1) is 11.7. The first-order chi connectivity index (χ1) is 7.93. The smallest absolute Gasteiger partial charge is 0.263 e. The van der Waals surface area contributed by atoms with Crippen LogP contribution < -0.4 is 5.56 Å². The number of benzene rings is 1. The second-order valence-corrected chi connectivity index (χ2v) is 4.38. The second kappa shape index (κ2) is 3.92. The zero-order valence-electron chi connectivity index (χ0n) is 9.31. The highest BCUT2D eigenvalue weighted by atomic mass is 35.5. The van der Waals surface area contributed by atoms with Crippen LogP contribution in [0.2, 0.25) is 5.02 Å². The van der Waals surface area contributed by atoms with Crippen LogP contribution in [0.5, 0.6) is 11.5 Å². The molecule has 90 valence electrons. The molecule has 1 aromatic heterocycles. The van der Waals surface area contributed by atoms with E-state index in [-0.39, 0.29) is 27.5 Å². The van der Waals surface area contributed by atoms with Crippen molar-refractivity contribution in [2.24, 2.45) is 0 Å². The van der Waals surface area contributed by atoms with E-state index >= 15 is 0 Å². The molecule has 0 aliphatic carbocycles. The Bertz CT molecular complexity index is 649. The summed E-state index contributed by atoms with van der Waals surface area (Å²) in [6, 6.07) is 1.15. The summed E-state index contributed by atoms with van der Waals surface area (Å²) in [5.41, 5.74) is -0.0856. The molecule has 0 saturated heterocycles. The number of halogens is 1. The van der Waals surface area contributed by atoms with Gasteiger partial charge in [0.05, 0.1) is 17.2 Å². The Kier molecular flexibility index (Phi) is 2.71. The summed E-state index contributed by atoms with van der Waals surface area (Å²) >= 11 is 5.85. The molecule has 0 fully saturated rings. The van der Waals surface area contributed by atoms with Crippen molar-refractivity contribution in [2.75, 3.05) is 0 Å². The highest BCUT2D eigenvalue weighted by Crippen LogP contribution is 2.37. The Morgan fingerprint density at radius 2 is 2.06 bits per heavy atom. The van der Waals surface area contributed by atoms with Crippen molar-refractivity contribution in [3.05, 3.63) is 27.8 Å². The van der Waals surface area contributed by atoms with Crippen LogP contribution >= 0.6 is 11.6 Å². The van der Waals surface area contributed by atoms with Crippen molar-refractivity contribution >= 4 is 22.5 Å².